The summed E-state index contributed by atoms with van der Waals surface area (Å²) in [4.78, 5) is 11.7. The second-order valence-electron chi connectivity index (χ2n) is 4.02. The van der Waals surface area contributed by atoms with Crippen molar-refractivity contribution in [3.8, 4) is 0 Å². The fraction of sp³-hybridized carbons (Fsp3) is 0.636. The van der Waals surface area contributed by atoms with Gasteiger partial charge in [0.15, 0.2) is 0 Å². The molecule has 1 aromatic heterocycles. The van der Waals surface area contributed by atoms with Crippen molar-refractivity contribution >= 4 is 21.6 Å². The molecule has 5 nitrogen and oxygen atoms in total. The lowest BCUT2D eigenvalue weighted by Crippen LogP contribution is -2.30. The van der Waals surface area contributed by atoms with Crippen LogP contribution in [0.3, 0.4) is 0 Å². The summed E-state index contributed by atoms with van der Waals surface area (Å²) in [7, 11) is 1.62. The number of hydrogen-bond acceptors (Lipinski definition) is 4. The van der Waals surface area contributed by atoms with Crippen LogP contribution in [0, 0.1) is 0 Å². The molecule has 0 aliphatic heterocycles. The van der Waals surface area contributed by atoms with Gasteiger partial charge in [-0.15, -0.1) is 0 Å². The molecule has 0 aliphatic rings. The van der Waals surface area contributed by atoms with Crippen molar-refractivity contribution in [3.63, 3.8) is 0 Å². The van der Waals surface area contributed by atoms with Crippen molar-refractivity contribution in [1.82, 2.24) is 9.78 Å². The minimum Gasteiger partial charge on any atom is -0.379 e. The van der Waals surface area contributed by atoms with Crippen LogP contribution in [0.1, 0.15) is 26.2 Å². The van der Waals surface area contributed by atoms with Crippen LogP contribution in [0.15, 0.2) is 15.5 Å². The number of anilines is 1. The summed E-state index contributed by atoms with van der Waals surface area (Å²) < 4.78 is 1.80. The Kier molecular flexibility index (Phi) is 5.64. The van der Waals surface area contributed by atoms with E-state index in [2.05, 4.69) is 33.3 Å². The number of hydrogen-bond donors (Lipinski definition) is 2. The highest BCUT2D eigenvalue weighted by atomic mass is 79.9. The average Bonchev–Trinajstić information content (AvgIpc) is 2.34. The number of nitrogens with one attached hydrogen (secondary N) is 1. The van der Waals surface area contributed by atoms with Gasteiger partial charge in [0.25, 0.3) is 5.56 Å². The molecular weight excluding hydrogens is 284 g/mol. The van der Waals surface area contributed by atoms with Gasteiger partial charge in [0.05, 0.1) is 11.9 Å². The van der Waals surface area contributed by atoms with Crippen LogP contribution in [0.4, 0.5) is 5.69 Å². The lowest BCUT2D eigenvalue weighted by molar-refractivity contribution is 0.611. The second-order valence-corrected chi connectivity index (χ2v) is 4.81. The van der Waals surface area contributed by atoms with Gasteiger partial charge in [0, 0.05) is 19.6 Å². The van der Waals surface area contributed by atoms with E-state index >= 15 is 0 Å². The van der Waals surface area contributed by atoms with E-state index in [9.17, 15) is 4.79 Å². The summed E-state index contributed by atoms with van der Waals surface area (Å²) in [5.41, 5.74) is 6.25. The number of rotatable bonds is 6. The maximum atomic E-state index is 11.7. The highest BCUT2D eigenvalue weighted by Crippen LogP contribution is 2.18. The zero-order valence-corrected chi connectivity index (χ0v) is 11.8. The molecule has 1 heterocycles. The van der Waals surface area contributed by atoms with E-state index in [1.54, 1.807) is 13.2 Å². The van der Waals surface area contributed by atoms with E-state index in [1.165, 1.54) is 4.68 Å². The summed E-state index contributed by atoms with van der Waals surface area (Å²) in [6, 6.07) is 0.181. The summed E-state index contributed by atoms with van der Waals surface area (Å²) in [5.74, 6) is 0. The van der Waals surface area contributed by atoms with E-state index in [1.807, 2.05) is 0 Å². The van der Waals surface area contributed by atoms with Gasteiger partial charge in [0.2, 0.25) is 0 Å². The lowest BCUT2D eigenvalue weighted by Gasteiger charge is -2.18. The molecule has 0 spiro atoms. The number of nitrogens with zero attached hydrogens (tertiary/aromatic N) is 2. The van der Waals surface area contributed by atoms with Gasteiger partial charge in [0.1, 0.15) is 4.47 Å². The van der Waals surface area contributed by atoms with Crippen molar-refractivity contribution in [2.45, 2.75) is 32.2 Å². The molecule has 1 rings (SSSR count). The molecule has 0 saturated heterocycles. The van der Waals surface area contributed by atoms with Gasteiger partial charge < -0.3 is 11.1 Å². The van der Waals surface area contributed by atoms with Crippen LogP contribution >= 0.6 is 15.9 Å². The fourth-order valence-electron chi connectivity index (χ4n) is 1.53. The molecule has 1 unspecified atom stereocenters. The minimum absolute atomic E-state index is 0.152. The van der Waals surface area contributed by atoms with Crippen molar-refractivity contribution < 1.29 is 0 Å². The third-order valence-electron chi connectivity index (χ3n) is 2.63. The molecule has 0 bridgehead atoms. The third-order valence-corrected chi connectivity index (χ3v) is 3.39. The first-order valence-electron chi connectivity index (χ1n) is 5.78. The quantitative estimate of drug-likeness (QED) is 0.835. The van der Waals surface area contributed by atoms with E-state index in [0.29, 0.717) is 16.7 Å². The number of aryl methyl sites for hydroxylation is 1. The maximum absolute atomic E-state index is 11.7. The van der Waals surface area contributed by atoms with Crippen molar-refractivity contribution in [3.05, 3.63) is 21.0 Å². The molecule has 17 heavy (non-hydrogen) atoms. The molecule has 6 heteroatoms. The van der Waals surface area contributed by atoms with Crippen molar-refractivity contribution in [1.29, 1.82) is 0 Å². The Morgan fingerprint density at radius 2 is 2.35 bits per heavy atom. The molecule has 0 amide bonds. The van der Waals surface area contributed by atoms with Crippen LogP contribution in [-0.2, 0) is 7.05 Å². The molecule has 0 fully saturated rings. The van der Waals surface area contributed by atoms with E-state index in [-0.39, 0.29) is 11.6 Å². The predicted octanol–water partition coefficient (Wildman–Crippen LogP) is 1.47. The first-order chi connectivity index (χ1) is 8.10. The number of unbranched alkanes of at least 4 members (excludes halogenated alkanes) is 1. The van der Waals surface area contributed by atoms with E-state index < -0.39 is 0 Å². The van der Waals surface area contributed by atoms with Crippen LogP contribution in [0.2, 0.25) is 0 Å². The third kappa shape index (κ3) is 3.81. The highest BCUT2D eigenvalue weighted by molar-refractivity contribution is 9.10. The van der Waals surface area contributed by atoms with Crippen molar-refractivity contribution in [2.75, 3.05) is 11.9 Å². The molecule has 0 aromatic carbocycles. The Bertz CT molecular complexity index is 418. The SMILES string of the molecule is CCCCC(CN)Nc1cnn(C)c(=O)c1Br. The molecule has 1 atom stereocenters. The zero-order valence-electron chi connectivity index (χ0n) is 10.2. The van der Waals surface area contributed by atoms with Gasteiger partial charge in [-0.05, 0) is 22.4 Å². The molecule has 1 aromatic rings. The smallest absolute Gasteiger partial charge is 0.282 e. The van der Waals surface area contributed by atoms with Crippen molar-refractivity contribution in [2.24, 2.45) is 12.8 Å². The standard InChI is InChI=1S/C11H19BrN4O/c1-3-4-5-8(6-13)15-9-7-14-16(2)11(17)10(9)12/h7-8,15H,3-6,13H2,1-2H3. The first-order valence-corrected chi connectivity index (χ1v) is 6.57. The Morgan fingerprint density at radius 3 is 2.94 bits per heavy atom. The van der Waals surface area contributed by atoms with Crippen LogP contribution < -0.4 is 16.6 Å². The predicted molar refractivity (Wildman–Crippen MR) is 73.2 cm³/mol. The van der Waals surface area contributed by atoms with Gasteiger partial charge >= 0.3 is 0 Å². The number of nitrogens with two attached hydrogens (primary N) is 1. The largest absolute Gasteiger partial charge is 0.379 e. The minimum atomic E-state index is -0.152. The molecule has 3 N–H and O–H groups in total. The molecule has 0 saturated carbocycles. The average molecular weight is 303 g/mol. The monoisotopic (exact) mass is 302 g/mol. The Balaban J connectivity index is 2.80. The summed E-state index contributed by atoms with van der Waals surface area (Å²) in [6.07, 6.45) is 4.88. The number of aromatic nitrogens is 2. The first kappa shape index (κ1) is 14.2. The number of halogens is 1. The van der Waals surface area contributed by atoms with Gasteiger partial charge in [-0.25, -0.2) is 4.68 Å². The van der Waals surface area contributed by atoms with Crippen LogP contribution in [-0.4, -0.2) is 22.4 Å². The topological polar surface area (TPSA) is 72.9 Å². The van der Waals surface area contributed by atoms with Crippen LogP contribution in [0.25, 0.3) is 0 Å². The Morgan fingerprint density at radius 1 is 1.65 bits per heavy atom. The summed E-state index contributed by atoms with van der Waals surface area (Å²) >= 11 is 3.28. The van der Waals surface area contributed by atoms with Gasteiger partial charge in [-0.3, -0.25) is 4.79 Å². The van der Waals surface area contributed by atoms with Gasteiger partial charge in [-0.2, -0.15) is 5.10 Å². The second kappa shape index (κ2) is 6.76. The van der Waals surface area contributed by atoms with E-state index in [4.69, 9.17) is 5.73 Å². The normalized spacial score (nSPS) is 12.5. The summed E-state index contributed by atoms with van der Waals surface area (Å²) in [6.45, 7) is 2.69. The molecule has 0 aliphatic carbocycles. The Hall–Kier alpha value is -0.880. The fourth-order valence-corrected chi connectivity index (χ4v) is 2.00. The zero-order chi connectivity index (χ0) is 12.8. The maximum Gasteiger partial charge on any atom is 0.282 e. The lowest BCUT2D eigenvalue weighted by atomic mass is 10.1. The molecule has 0 radical (unpaired) electrons. The Labute approximate surface area is 110 Å². The van der Waals surface area contributed by atoms with Crippen LogP contribution in [0.5, 0.6) is 0 Å². The van der Waals surface area contributed by atoms with E-state index in [0.717, 1.165) is 19.3 Å². The highest BCUT2D eigenvalue weighted by Gasteiger charge is 2.11. The summed E-state index contributed by atoms with van der Waals surface area (Å²) in [5, 5.41) is 7.23. The van der Waals surface area contributed by atoms with Gasteiger partial charge in [-0.1, -0.05) is 19.8 Å². The molecule has 96 valence electrons. The molecular formula is C11H19BrN4O.